The Hall–Kier alpha value is -1.92. The Balaban J connectivity index is 3.35. The number of ether oxygens (including phenoxy) is 1. The lowest BCUT2D eigenvalue weighted by molar-refractivity contribution is -0.143. The summed E-state index contributed by atoms with van der Waals surface area (Å²) in [6.07, 6.45) is 84.9. The molecule has 2 unspecified atom stereocenters. The number of hydrogen-bond acceptors (Lipinski definition) is 5. The zero-order valence-electron chi connectivity index (χ0n) is 52.0. The lowest BCUT2D eigenvalue weighted by Gasteiger charge is -2.22. The third kappa shape index (κ3) is 63.1. The van der Waals surface area contributed by atoms with E-state index < -0.39 is 12.1 Å². The highest BCUT2D eigenvalue weighted by atomic mass is 16.5. The molecule has 0 fully saturated rings. The van der Waals surface area contributed by atoms with E-state index in [1.54, 1.807) is 0 Å². The smallest absolute Gasteiger partial charge is 0.305 e. The highest BCUT2D eigenvalue weighted by Gasteiger charge is 2.20. The summed E-state index contributed by atoms with van der Waals surface area (Å²) in [7, 11) is 0. The van der Waals surface area contributed by atoms with Crippen molar-refractivity contribution >= 4 is 11.9 Å². The van der Waals surface area contributed by atoms with Crippen LogP contribution in [0.4, 0.5) is 0 Å². The van der Waals surface area contributed by atoms with Gasteiger partial charge in [-0.3, -0.25) is 9.59 Å². The fraction of sp³-hybridized carbons (Fsp3) is 0.887. The van der Waals surface area contributed by atoms with Gasteiger partial charge in [0.05, 0.1) is 25.4 Å². The van der Waals surface area contributed by atoms with Crippen LogP contribution in [0.5, 0.6) is 0 Å². The van der Waals surface area contributed by atoms with Crippen molar-refractivity contribution in [3.8, 4) is 0 Å². The second-order valence-electron chi connectivity index (χ2n) is 23.9. The summed E-state index contributed by atoms with van der Waals surface area (Å²) in [5.74, 6) is -0.0238. The van der Waals surface area contributed by atoms with Crippen LogP contribution in [-0.2, 0) is 14.3 Å². The average molecular weight is 1080 g/mol. The van der Waals surface area contributed by atoms with Gasteiger partial charge >= 0.3 is 5.97 Å². The predicted molar refractivity (Wildman–Crippen MR) is 338 cm³/mol. The molecular formula is C71H135NO5. The summed E-state index contributed by atoms with van der Waals surface area (Å²) in [4.78, 5) is 24.5. The van der Waals surface area contributed by atoms with Gasteiger partial charge in [-0.05, 0) is 83.5 Å². The van der Waals surface area contributed by atoms with Crippen molar-refractivity contribution in [2.75, 3.05) is 13.2 Å². The molecule has 0 aliphatic heterocycles. The first-order valence-electron chi connectivity index (χ1n) is 34.7. The molecule has 0 bridgehead atoms. The molecule has 0 spiro atoms. The van der Waals surface area contributed by atoms with E-state index in [9.17, 15) is 19.8 Å². The number of amides is 1. The number of unbranched alkanes of at least 4 members (excludes halogenated alkanes) is 48. The maximum atomic E-state index is 12.5. The predicted octanol–water partition coefficient (Wildman–Crippen LogP) is 22.3. The molecule has 1 amide bonds. The van der Waals surface area contributed by atoms with E-state index in [2.05, 4.69) is 55.6 Å². The van der Waals surface area contributed by atoms with Crippen LogP contribution in [0.1, 0.15) is 380 Å². The van der Waals surface area contributed by atoms with E-state index >= 15 is 0 Å². The molecule has 6 nitrogen and oxygen atoms in total. The third-order valence-corrected chi connectivity index (χ3v) is 16.2. The Labute approximate surface area is 481 Å². The van der Waals surface area contributed by atoms with Crippen LogP contribution in [0, 0.1) is 0 Å². The largest absolute Gasteiger partial charge is 0.466 e. The quantitative estimate of drug-likeness (QED) is 0.0320. The van der Waals surface area contributed by atoms with E-state index in [1.165, 1.54) is 295 Å². The Kier molecular flexibility index (Phi) is 64.9. The molecule has 0 aliphatic rings. The molecule has 454 valence electrons. The van der Waals surface area contributed by atoms with Crippen LogP contribution in [0.15, 0.2) is 36.5 Å². The zero-order valence-corrected chi connectivity index (χ0v) is 52.0. The van der Waals surface area contributed by atoms with Crippen molar-refractivity contribution in [3.05, 3.63) is 36.5 Å². The molecule has 0 heterocycles. The summed E-state index contributed by atoms with van der Waals surface area (Å²) in [6, 6.07) is -0.538. The zero-order chi connectivity index (χ0) is 55.7. The minimum atomic E-state index is -0.661. The number of carbonyl (C=O) groups excluding carboxylic acids is 2. The lowest BCUT2D eigenvalue weighted by atomic mass is 10.0. The maximum absolute atomic E-state index is 12.5. The van der Waals surface area contributed by atoms with Crippen LogP contribution in [0.25, 0.3) is 0 Å². The number of aliphatic hydroxyl groups is 2. The molecule has 3 N–H and O–H groups in total. The number of aliphatic hydroxyl groups excluding tert-OH is 2. The van der Waals surface area contributed by atoms with E-state index in [4.69, 9.17) is 4.74 Å². The van der Waals surface area contributed by atoms with Gasteiger partial charge in [-0.15, -0.1) is 0 Å². The number of nitrogens with one attached hydrogen (secondary N) is 1. The van der Waals surface area contributed by atoms with E-state index in [1.807, 2.05) is 0 Å². The molecule has 0 saturated carbocycles. The van der Waals surface area contributed by atoms with E-state index in [-0.39, 0.29) is 18.5 Å². The first-order valence-corrected chi connectivity index (χ1v) is 34.7. The molecule has 0 saturated heterocycles. The minimum absolute atomic E-state index is 0.00839. The number of hydrogen-bond donors (Lipinski definition) is 3. The van der Waals surface area contributed by atoms with Crippen LogP contribution < -0.4 is 5.32 Å². The van der Waals surface area contributed by atoms with Crippen molar-refractivity contribution in [3.63, 3.8) is 0 Å². The molecule has 6 heteroatoms. The third-order valence-electron chi connectivity index (χ3n) is 16.2. The normalized spacial score (nSPS) is 12.7. The summed E-state index contributed by atoms with van der Waals surface area (Å²) in [5.41, 5.74) is 0. The minimum Gasteiger partial charge on any atom is -0.466 e. The Bertz CT molecular complexity index is 1250. The number of allylic oxidation sites excluding steroid dienone is 6. The molecule has 0 aliphatic carbocycles. The van der Waals surface area contributed by atoms with Crippen LogP contribution in [0.2, 0.25) is 0 Å². The van der Waals surface area contributed by atoms with Crippen molar-refractivity contribution in [2.24, 2.45) is 0 Å². The van der Waals surface area contributed by atoms with Gasteiger partial charge in [-0.2, -0.15) is 0 Å². The van der Waals surface area contributed by atoms with Crippen LogP contribution >= 0.6 is 0 Å². The van der Waals surface area contributed by atoms with Crippen LogP contribution in [-0.4, -0.2) is 47.4 Å². The Morgan fingerprint density at radius 2 is 0.649 bits per heavy atom. The van der Waals surface area contributed by atoms with Gasteiger partial charge in [-0.25, -0.2) is 0 Å². The lowest BCUT2D eigenvalue weighted by Crippen LogP contribution is -2.45. The Morgan fingerprint density at radius 1 is 0.364 bits per heavy atom. The van der Waals surface area contributed by atoms with Crippen molar-refractivity contribution < 1.29 is 24.5 Å². The monoisotopic (exact) mass is 1080 g/mol. The fourth-order valence-corrected chi connectivity index (χ4v) is 10.8. The molecule has 0 aromatic rings. The summed E-state index contributed by atoms with van der Waals surface area (Å²) in [5, 5.41) is 23.2. The SMILES string of the molecule is CCCCCCC/C=C\CCCCCCCC(=O)OCCCCCCCCCCCCC/C=C\C/C=C\CCCCCCCCCCCCCCCCCCCC(=O)NC(CO)C(O)CCCCCCCCCCCCC. The van der Waals surface area contributed by atoms with Gasteiger partial charge in [0.2, 0.25) is 5.91 Å². The fourth-order valence-electron chi connectivity index (χ4n) is 10.8. The van der Waals surface area contributed by atoms with E-state index in [0.29, 0.717) is 25.9 Å². The summed E-state index contributed by atoms with van der Waals surface area (Å²) < 4.78 is 5.48. The topological polar surface area (TPSA) is 95.9 Å². The highest BCUT2D eigenvalue weighted by Crippen LogP contribution is 2.18. The number of rotatable bonds is 65. The standard InChI is InChI=1S/C71H135NO5/c1-3-5-7-9-11-13-15-16-41-45-49-53-57-61-65-71(76)77-66-62-58-54-50-46-42-39-37-35-33-31-29-27-25-23-21-19-17-18-20-22-24-26-28-30-32-34-36-38-40-44-48-52-56-60-64-70(75)72-68(67-73)69(74)63-59-55-51-47-43-14-12-10-8-6-4-2/h15-16,19,21,25,27,68-69,73-74H,3-14,17-18,20,22-24,26,28-67H2,1-2H3,(H,72,75)/b16-15-,21-19-,27-25-. The van der Waals surface area contributed by atoms with Crippen LogP contribution in [0.3, 0.4) is 0 Å². The van der Waals surface area contributed by atoms with Gasteiger partial charge in [0.1, 0.15) is 0 Å². The molecule has 2 atom stereocenters. The van der Waals surface area contributed by atoms with Crippen molar-refractivity contribution in [2.45, 2.75) is 392 Å². The van der Waals surface area contributed by atoms with Gasteiger partial charge < -0.3 is 20.3 Å². The van der Waals surface area contributed by atoms with Crippen molar-refractivity contribution in [1.82, 2.24) is 5.32 Å². The molecule has 0 aromatic heterocycles. The summed E-state index contributed by atoms with van der Waals surface area (Å²) >= 11 is 0. The molecular weight excluding hydrogens is 947 g/mol. The average Bonchev–Trinajstić information content (AvgIpc) is 3.43. The first kappa shape index (κ1) is 75.1. The second kappa shape index (κ2) is 66.6. The number of carbonyl (C=O) groups is 2. The van der Waals surface area contributed by atoms with Gasteiger partial charge in [-0.1, -0.05) is 320 Å². The molecule has 0 aromatic carbocycles. The van der Waals surface area contributed by atoms with Gasteiger partial charge in [0, 0.05) is 12.8 Å². The maximum Gasteiger partial charge on any atom is 0.305 e. The Morgan fingerprint density at radius 3 is 1.00 bits per heavy atom. The van der Waals surface area contributed by atoms with Gasteiger partial charge in [0.25, 0.3) is 0 Å². The molecule has 0 radical (unpaired) electrons. The second-order valence-corrected chi connectivity index (χ2v) is 23.9. The first-order chi connectivity index (χ1) is 38.0. The van der Waals surface area contributed by atoms with Crippen molar-refractivity contribution in [1.29, 1.82) is 0 Å². The molecule has 0 rings (SSSR count). The van der Waals surface area contributed by atoms with Gasteiger partial charge in [0.15, 0.2) is 0 Å². The van der Waals surface area contributed by atoms with E-state index in [0.717, 1.165) is 51.4 Å². The molecule has 77 heavy (non-hydrogen) atoms. The number of esters is 1. The highest BCUT2D eigenvalue weighted by molar-refractivity contribution is 5.76. The summed E-state index contributed by atoms with van der Waals surface area (Å²) in [6.45, 7) is 4.95.